The molecule has 0 unspecified atom stereocenters. The lowest BCUT2D eigenvalue weighted by atomic mass is 10.1. The van der Waals surface area contributed by atoms with Gasteiger partial charge in [-0.15, -0.1) is 0 Å². The highest BCUT2D eigenvalue weighted by Crippen LogP contribution is 2.30. The van der Waals surface area contributed by atoms with Crippen LogP contribution in [0.3, 0.4) is 0 Å². The van der Waals surface area contributed by atoms with Gasteiger partial charge in [-0.1, -0.05) is 6.07 Å². The van der Waals surface area contributed by atoms with Crippen molar-refractivity contribution in [3.63, 3.8) is 0 Å². The molecule has 3 N–H and O–H groups in total. The van der Waals surface area contributed by atoms with Crippen LogP contribution >= 0.6 is 0 Å². The van der Waals surface area contributed by atoms with Crippen LogP contribution in [0.25, 0.3) is 10.9 Å². The van der Waals surface area contributed by atoms with Gasteiger partial charge in [0.15, 0.2) is 0 Å². The lowest BCUT2D eigenvalue weighted by molar-refractivity contribution is 0.415. The Balaban J connectivity index is 2.81. The van der Waals surface area contributed by atoms with Crippen LogP contribution in [0.4, 0.5) is 0 Å². The van der Waals surface area contributed by atoms with Crippen molar-refractivity contribution in [2.24, 2.45) is 5.73 Å². The summed E-state index contributed by atoms with van der Waals surface area (Å²) >= 11 is 0. The molecule has 0 bridgehead atoms. The summed E-state index contributed by atoms with van der Waals surface area (Å²) in [6.07, 6.45) is 0. The van der Waals surface area contributed by atoms with Crippen LogP contribution < -0.4 is 10.5 Å². The van der Waals surface area contributed by atoms with Crippen LogP contribution in [0.1, 0.15) is 11.3 Å². The van der Waals surface area contributed by atoms with E-state index in [9.17, 15) is 0 Å². The fourth-order valence-corrected chi connectivity index (χ4v) is 1.66. The minimum Gasteiger partial charge on any atom is -0.496 e. The van der Waals surface area contributed by atoms with Gasteiger partial charge in [-0.2, -0.15) is 5.10 Å². The first kappa shape index (κ1) is 9.02. The first-order chi connectivity index (χ1) is 6.77. The summed E-state index contributed by atoms with van der Waals surface area (Å²) in [5, 5.41) is 8.11. The summed E-state index contributed by atoms with van der Waals surface area (Å²) in [6.45, 7) is 2.45. The molecule has 0 aliphatic heterocycles. The van der Waals surface area contributed by atoms with Crippen LogP contribution in [0, 0.1) is 6.92 Å². The number of hydrogen-bond donors (Lipinski definition) is 2. The van der Waals surface area contributed by atoms with E-state index in [0.29, 0.717) is 6.54 Å². The van der Waals surface area contributed by atoms with Gasteiger partial charge >= 0.3 is 0 Å². The molecule has 0 atom stereocenters. The van der Waals surface area contributed by atoms with Crippen molar-refractivity contribution in [3.8, 4) is 5.75 Å². The van der Waals surface area contributed by atoms with Gasteiger partial charge in [0.05, 0.1) is 18.0 Å². The number of hydrogen-bond acceptors (Lipinski definition) is 3. The number of aromatic amines is 1. The lowest BCUT2D eigenvalue weighted by Gasteiger charge is -2.07. The number of fused-ring (bicyclic) bond motifs is 1. The normalized spacial score (nSPS) is 10.8. The van der Waals surface area contributed by atoms with Crippen molar-refractivity contribution in [3.05, 3.63) is 23.4 Å². The minimum atomic E-state index is 0.476. The van der Waals surface area contributed by atoms with Gasteiger partial charge < -0.3 is 10.5 Å². The highest BCUT2D eigenvalue weighted by molar-refractivity contribution is 5.88. The molecule has 0 amide bonds. The molecule has 1 aromatic carbocycles. The Kier molecular flexibility index (Phi) is 2.13. The molecular formula is C10H13N3O. The molecule has 0 saturated carbocycles. The largest absolute Gasteiger partial charge is 0.496 e. The van der Waals surface area contributed by atoms with Crippen LogP contribution in [-0.4, -0.2) is 17.3 Å². The van der Waals surface area contributed by atoms with Gasteiger partial charge in [0, 0.05) is 17.8 Å². The number of nitrogens with two attached hydrogens (primary N) is 1. The Bertz CT molecular complexity index is 462. The molecular weight excluding hydrogens is 178 g/mol. The Hall–Kier alpha value is -1.55. The molecule has 74 valence electrons. The fourth-order valence-electron chi connectivity index (χ4n) is 1.66. The third-order valence-corrected chi connectivity index (χ3v) is 2.36. The second kappa shape index (κ2) is 3.31. The molecule has 1 heterocycles. The van der Waals surface area contributed by atoms with Crippen molar-refractivity contribution >= 4 is 10.9 Å². The molecule has 0 spiro atoms. The number of H-pyrrole nitrogens is 1. The second-order valence-corrected chi connectivity index (χ2v) is 3.20. The van der Waals surface area contributed by atoms with E-state index in [1.165, 1.54) is 0 Å². The highest BCUT2D eigenvalue weighted by Gasteiger charge is 2.11. The Labute approximate surface area is 82.1 Å². The average Bonchev–Trinajstić information content (AvgIpc) is 2.59. The summed E-state index contributed by atoms with van der Waals surface area (Å²) in [5.74, 6) is 0.830. The number of aromatic nitrogens is 2. The number of nitrogens with one attached hydrogen (secondary N) is 1. The van der Waals surface area contributed by atoms with Gasteiger partial charge in [0.2, 0.25) is 0 Å². The smallest absolute Gasteiger partial charge is 0.134 e. The summed E-state index contributed by atoms with van der Waals surface area (Å²) in [6, 6.07) is 3.89. The van der Waals surface area contributed by atoms with E-state index in [1.807, 2.05) is 19.1 Å². The second-order valence-electron chi connectivity index (χ2n) is 3.20. The summed E-state index contributed by atoms with van der Waals surface area (Å²) in [7, 11) is 1.65. The predicted molar refractivity (Wildman–Crippen MR) is 55.3 cm³/mol. The zero-order valence-corrected chi connectivity index (χ0v) is 8.29. The van der Waals surface area contributed by atoms with E-state index in [4.69, 9.17) is 10.5 Å². The number of rotatable bonds is 2. The fraction of sp³-hybridized carbons (Fsp3) is 0.300. The van der Waals surface area contributed by atoms with Gasteiger partial charge in [-0.05, 0) is 13.0 Å². The molecule has 4 nitrogen and oxygen atoms in total. The van der Waals surface area contributed by atoms with E-state index >= 15 is 0 Å². The molecule has 2 rings (SSSR count). The van der Waals surface area contributed by atoms with Gasteiger partial charge in [-0.25, -0.2) is 0 Å². The van der Waals surface area contributed by atoms with Crippen molar-refractivity contribution in [2.75, 3.05) is 7.11 Å². The van der Waals surface area contributed by atoms with Gasteiger partial charge in [0.1, 0.15) is 5.75 Å². The lowest BCUT2D eigenvalue weighted by Crippen LogP contribution is -2.00. The van der Waals surface area contributed by atoms with E-state index in [1.54, 1.807) is 7.11 Å². The molecule has 14 heavy (non-hydrogen) atoms. The predicted octanol–water partition coefficient (Wildman–Crippen LogP) is 1.34. The number of nitrogens with zero attached hydrogens (tertiary/aromatic N) is 1. The van der Waals surface area contributed by atoms with E-state index in [2.05, 4.69) is 10.2 Å². The minimum absolute atomic E-state index is 0.476. The quantitative estimate of drug-likeness (QED) is 0.752. The molecule has 0 saturated heterocycles. The van der Waals surface area contributed by atoms with Crippen LogP contribution in [0.5, 0.6) is 5.75 Å². The Morgan fingerprint density at radius 2 is 2.29 bits per heavy atom. The third-order valence-electron chi connectivity index (χ3n) is 2.36. The number of benzene rings is 1. The maximum absolute atomic E-state index is 5.63. The topological polar surface area (TPSA) is 63.9 Å². The average molecular weight is 191 g/mol. The van der Waals surface area contributed by atoms with Crippen LogP contribution in [0.15, 0.2) is 12.1 Å². The van der Waals surface area contributed by atoms with Crippen molar-refractivity contribution in [1.82, 2.24) is 10.2 Å². The first-order valence-electron chi connectivity index (χ1n) is 4.48. The zero-order chi connectivity index (χ0) is 10.1. The number of methoxy groups -OCH3 is 1. The van der Waals surface area contributed by atoms with E-state index < -0.39 is 0 Å². The maximum Gasteiger partial charge on any atom is 0.134 e. The molecule has 1 aromatic heterocycles. The molecule has 0 aliphatic carbocycles. The highest BCUT2D eigenvalue weighted by atomic mass is 16.5. The van der Waals surface area contributed by atoms with Gasteiger partial charge in [-0.3, -0.25) is 5.10 Å². The molecule has 0 radical (unpaired) electrons. The molecule has 0 aliphatic rings. The summed E-state index contributed by atoms with van der Waals surface area (Å²) in [4.78, 5) is 0. The first-order valence-corrected chi connectivity index (χ1v) is 4.48. The molecule has 4 heteroatoms. The summed E-state index contributed by atoms with van der Waals surface area (Å²) < 4.78 is 5.35. The zero-order valence-electron chi connectivity index (χ0n) is 8.29. The van der Waals surface area contributed by atoms with E-state index in [0.717, 1.165) is 27.9 Å². The number of aryl methyl sites for hydroxylation is 1. The van der Waals surface area contributed by atoms with Crippen molar-refractivity contribution < 1.29 is 4.74 Å². The Morgan fingerprint density at radius 1 is 1.50 bits per heavy atom. The number of ether oxygens (including phenoxy) is 1. The van der Waals surface area contributed by atoms with Crippen molar-refractivity contribution in [1.29, 1.82) is 0 Å². The Morgan fingerprint density at radius 3 is 2.93 bits per heavy atom. The molecule has 0 fully saturated rings. The SMILES string of the molecule is COc1c(CN)ccc2n[nH]c(C)c12. The van der Waals surface area contributed by atoms with Crippen LogP contribution in [-0.2, 0) is 6.54 Å². The monoisotopic (exact) mass is 191 g/mol. The van der Waals surface area contributed by atoms with Gasteiger partial charge in [0.25, 0.3) is 0 Å². The molecule has 2 aromatic rings. The standard InChI is InChI=1S/C10H13N3O/c1-6-9-8(13-12-6)4-3-7(5-11)10(9)14-2/h3-4H,5,11H2,1-2H3,(H,12,13). The van der Waals surface area contributed by atoms with E-state index in [-0.39, 0.29) is 0 Å². The van der Waals surface area contributed by atoms with Crippen molar-refractivity contribution in [2.45, 2.75) is 13.5 Å². The van der Waals surface area contributed by atoms with Crippen LogP contribution in [0.2, 0.25) is 0 Å². The summed E-state index contributed by atoms with van der Waals surface area (Å²) in [5.41, 5.74) is 8.55. The maximum atomic E-state index is 5.63. The third kappa shape index (κ3) is 1.15.